The van der Waals surface area contributed by atoms with Gasteiger partial charge in [-0.1, -0.05) is 24.3 Å². The summed E-state index contributed by atoms with van der Waals surface area (Å²) in [4.78, 5) is 30.4. The van der Waals surface area contributed by atoms with Crippen LogP contribution in [0.15, 0.2) is 59.5 Å². The first-order chi connectivity index (χ1) is 19.2. The average Bonchev–Trinajstić information content (AvgIpc) is 3.32. The summed E-state index contributed by atoms with van der Waals surface area (Å²) in [6.45, 7) is 4.31. The fraction of sp³-hybridized carbons (Fsp3) is 0.517. The number of likely N-dealkylation sites (tertiary alicyclic amines) is 1. The zero-order chi connectivity index (χ0) is 30.1. The molecule has 2 aromatic carbocycles. The molecule has 1 saturated carbocycles. The summed E-state index contributed by atoms with van der Waals surface area (Å²) < 4.78 is 66.2. The zero-order valence-electron chi connectivity index (χ0n) is 23.3. The van der Waals surface area contributed by atoms with Crippen molar-refractivity contribution in [1.29, 1.82) is 0 Å². The number of benzene rings is 2. The molecule has 1 unspecified atom stereocenters. The normalized spacial score (nSPS) is 23.8. The molecule has 12 heteroatoms. The molecule has 0 radical (unpaired) electrons. The number of carbonyl (C=O) groups is 2. The highest BCUT2D eigenvalue weighted by molar-refractivity contribution is 7.91. The Balaban J connectivity index is 1.55. The van der Waals surface area contributed by atoms with Gasteiger partial charge >= 0.3 is 6.18 Å². The Morgan fingerprint density at radius 2 is 1.76 bits per heavy atom. The van der Waals surface area contributed by atoms with Crippen molar-refractivity contribution in [2.45, 2.75) is 74.8 Å². The van der Waals surface area contributed by atoms with Crippen LogP contribution in [0.4, 0.5) is 13.2 Å². The molecule has 0 aromatic heterocycles. The van der Waals surface area contributed by atoms with Crippen LogP contribution >= 0.6 is 0 Å². The first-order valence-corrected chi connectivity index (χ1v) is 15.4. The quantitative estimate of drug-likeness (QED) is 0.357. The maximum absolute atomic E-state index is 13.5. The number of hydroxylamine groups is 2. The first kappa shape index (κ1) is 31.0. The molecule has 224 valence electrons. The Morgan fingerprint density at radius 1 is 1.07 bits per heavy atom. The number of nitrogens with zero attached hydrogens (tertiary/aromatic N) is 3. The SMILES string of the molecule is CC(C)N(C)[C@@H]1CC[C@H](N2CCC(N(O)C(=O)c3cccc(C(F)(F)F)c3)C2=O)[C@H](CS(=O)(=O)c2ccccc2)C1. The maximum atomic E-state index is 13.5. The number of rotatable bonds is 8. The average molecular weight is 596 g/mol. The van der Waals surface area contributed by atoms with Gasteiger partial charge in [0.25, 0.3) is 5.91 Å². The maximum Gasteiger partial charge on any atom is 0.416 e. The van der Waals surface area contributed by atoms with Crippen molar-refractivity contribution in [3.63, 3.8) is 0 Å². The molecule has 2 aliphatic rings. The Bertz CT molecular complexity index is 1350. The van der Waals surface area contributed by atoms with Gasteiger partial charge < -0.3 is 9.80 Å². The highest BCUT2D eigenvalue weighted by Gasteiger charge is 2.46. The van der Waals surface area contributed by atoms with Gasteiger partial charge in [0.05, 0.1) is 16.2 Å². The van der Waals surface area contributed by atoms with E-state index in [0.717, 1.165) is 24.6 Å². The molecule has 8 nitrogen and oxygen atoms in total. The highest BCUT2D eigenvalue weighted by Crippen LogP contribution is 2.36. The lowest BCUT2D eigenvalue weighted by atomic mass is 9.81. The van der Waals surface area contributed by atoms with E-state index >= 15 is 0 Å². The van der Waals surface area contributed by atoms with Gasteiger partial charge in [-0.3, -0.25) is 14.8 Å². The van der Waals surface area contributed by atoms with Crippen LogP contribution in [0.2, 0.25) is 0 Å². The van der Waals surface area contributed by atoms with Crippen LogP contribution in [-0.2, 0) is 20.8 Å². The van der Waals surface area contributed by atoms with E-state index in [-0.39, 0.29) is 40.8 Å². The van der Waals surface area contributed by atoms with Gasteiger partial charge in [0.15, 0.2) is 9.84 Å². The summed E-state index contributed by atoms with van der Waals surface area (Å²) >= 11 is 0. The minimum Gasteiger partial charge on any atom is -0.337 e. The van der Waals surface area contributed by atoms with Gasteiger partial charge in [0.2, 0.25) is 5.91 Å². The molecule has 2 aromatic rings. The van der Waals surface area contributed by atoms with Gasteiger partial charge in [0, 0.05) is 30.2 Å². The third-order valence-corrected chi connectivity index (χ3v) is 10.3. The van der Waals surface area contributed by atoms with E-state index in [4.69, 9.17) is 0 Å². The minimum atomic E-state index is -4.67. The smallest absolute Gasteiger partial charge is 0.337 e. The predicted molar refractivity (Wildman–Crippen MR) is 146 cm³/mol. The van der Waals surface area contributed by atoms with Gasteiger partial charge in [0.1, 0.15) is 6.04 Å². The lowest BCUT2D eigenvalue weighted by Crippen LogP contribution is -2.53. The van der Waals surface area contributed by atoms with E-state index in [1.165, 1.54) is 0 Å². The monoisotopic (exact) mass is 595 g/mol. The molecule has 2 fully saturated rings. The molecule has 0 spiro atoms. The van der Waals surface area contributed by atoms with Crippen LogP contribution in [0.5, 0.6) is 0 Å². The molecule has 4 rings (SSSR count). The van der Waals surface area contributed by atoms with E-state index in [9.17, 15) is 36.4 Å². The fourth-order valence-electron chi connectivity index (χ4n) is 5.96. The summed E-state index contributed by atoms with van der Waals surface area (Å²) in [7, 11) is -1.67. The van der Waals surface area contributed by atoms with E-state index in [0.29, 0.717) is 18.9 Å². The van der Waals surface area contributed by atoms with Gasteiger partial charge in [-0.25, -0.2) is 13.5 Å². The molecule has 1 aliphatic carbocycles. The van der Waals surface area contributed by atoms with Crippen molar-refractivity contribution in [3.05, 3.63) is 65.7 Å². The molecule has 2 amide bonds. The number of sulfone groups is 1. The molecule has 41 heavy (non-hydrogen) atoms. The largest absolute Gasteiger partial charge is 0.416 e. The van der Waals surface area contributed by atoms with Crippen LogP contribution in [0.1, 0.15) is 55.5 Å². The second-order valence-electron chi connectivity index (χ2n) is 11.2. The Morgan fingerprint density at radius 3 is 2.39 bits per heavy atom. The number of hydrogen-bond acceptors (Lipinski definition) is 6. The zero-order valence-corrected chi connectivity index (χ0v) is 24.1. The number of alkyl halides is 3. The van der Waals surface area contributed by atoms with Crippen LogP contribution in [-0.4, -0.2) is 83.8 Å². The van der Waals surface area contributed by atoms with Gasteiger partial charge in [-0.2, -0.15) is 13.2 Å². The summed E-state index contributed by atoms with van der Waals surface area (Å²) in [5.41, 5.74) is -1.43. The molecule has 1 saturated heterocycles. The van der Waals surface area contributed by atoms with Crippen molar-refractivity contribution >= 4 is 21.7 Å². The summed E-state index contributed by atoms with van der Waals surface area (Å²) in [5, 5.41) is 10.9. The van der Waals surface area contributed by atoms with E-state index in [1.54, 1.807) is 35.2 Å². The van der Waals surface area contributed by atoms with E-state index in [1.807, 2.05) is 7.05 Å². The number of amides is 2. The number of hydrogen-bond donors (Lipinski definition) is 1. The number of halogens is 3. The third-order valence-electron chi connectivity index (χ3n) is 8.39. The van der Waals surface area contributed by atoms with Crippen LogP contribution in [0.25, 0.3) is 0 Å². The van der Waals surface area contributed by atoms with Crippen LogP contribution in [0, 0.1) is 5.92 Å². The second kappa shape index (κ2) is 12.1. The second-order valence-corrected chi connectivity index (χ2v) is 13.2. The molecule has 0 bridgehead atoms. The molecule has 1 aliphatic heterocycles. The van der Waals surface area contributed by atoms with Crippen molar-refractivity contribution in [2.24, 2.45) is 5.92 Å². The lowest BCUT2D eigenvalue weighted by Gasteiger charge is -2.44. The van der Waals surface area contributed by atoms with E-state index < -0.39 is 57.0 Å². The standard InChI is InChI=1S/C29H36F3N3O5S/c1-19(2)33(3)23-12-13-25(21(17-23)18-41(39,40)24-10-5-4-6-11-24)34-15-14-26(28(34)37)35(38)27(36)20-8-7-9-22(16-20)29(30,31)32/h4-11,16,19,21,23,25-26,38H,12-15,17-18H2,1-3H3/t21-,23+,25-,26?/m0/s1. The first-order valence-electron chi connectivity index (χ1n) is 13.7. The fourth-order valence-corrected chi connectivity index (χ4v) is 7.64. The minimum absolute atomic E-state index is 0.0734. The van der Waals surface area contributed by atoms with Gasteiger partial charge in [-0.05, 0) is 82.8 Å². The summed E-state index contributed by atoms with van der Waals surface area (Å²) in [6, 6.07) is 10.5. The predicted octanol–water partition coefficient (Wildman–Crippen LogP) is 4.49. The Labute approximate surface area is 238 Å². The van der Waals surface area contributed by atoms with E-state index in [2.05, 4.69) is 18.7 Å². The topological polar surface area (TPSA) is 98.2 Å². The molecule has 4 atom stereocenters. The molecule has 1 heterocycles. The van der Waals surface area contributed by atoms with Crippen molar-refractivity contribution in [3.8, 4) is 0 Å². The van der Waals surface area contributed by atoms with Crippen LogP contribution in [0.3, 0.4) is 0 Å². The summed E-state index contributed by atoms with van der Waals surface area (Å²) in [6.07, 6.45) is -2.77. The Hall–Kier alpha value is -2.96. The van der Waals surface area contributed by atoms with Crippen LogP contribution < -0.4 is 0 Å². The molecular formula is C29H36F3N3O5S. The van der Waals surface area contributed by atoms with Crippen molar-refractivity contribution < 1.29 is 36.4 Å². The summed E-state index contributed by atoms with van der Waals surface area (Å²) in [5.74, 6) is -2.21. The highest BCUT2D eigenvalue weighted by atomic mass is 32.2. The lowest BCUT2D eigenvalue weighted by molar-refractivity contribution is -0.147. The Kier molecular flexibility index (Phi) is 9.15. The van der Waals surface area contributed by atoms with Crippen molar-refractivity contribution in [1.82, 2.24) is 14.9 Å². The van der Waals surface area contributed by atoms with Gasteiger partial charge in [-0.15, -0.1) is 0 Å². The number of carbonyl (C=O) groups excluding carboxylic acids is 2. The molecular weight excluding hydrogens is 559 g/mol. The third kappa shape index (κ3) is 6.76. The molecule has 1 N–H and O–H groups in total. The van der Waals surface area contributed by atoms with Crippen molar-refractivity contribution in [2.75, 3.05) is 19.3 Å².